The molecule has 0 spiro atoms. The Morgan fingerprint density at radius 3 is 1.76 bits per heavy atom. The van der Waals surface area contributed by atoms with Crippen LogP contribution in [0.25, 0.3) is 0 Å². The Bertz CT molecular complexity index is 1240. The van der Waals surface area contributed by atoms with Gasteiger partial charge in [0.2, 0.25) is 0 Å². The van der Waals surface area contributed by atoms with E-state index in [2.05, 4.69) is 160 Å². The van der Waals surface area contributed by atoms with Crippen LogP contribution >= 0.6 is 0 Å². The number of hydrogen-bond donors (Lipinski definition) is 1. The molecule has 0 amide bonds. The van der Waals surface area contributed by atoms with Crippen LogP contribution in [0.2, 0.25) is 0 Å². The van der Waals surface area contributed by atoms with E-state index in [1.807, 2.05) is 13.8 Å². The fourth-order valence-corrected chi connectivity index (χ4v) is 13.3. The van der Waals surface area contributed by atoms with Crippen LogP contribution in [0.15, 0.2) is 24.3 Å². The fourth-order valence-electron chi connectivity index (χ4n) is 13.3. The molecule has 4 unspecified atom stereocenters. The number of benzene rings is 1. The Hall–Kier alpha value is -2.66. The van der Waals surface area contributed by atoms with Gasteiger partial charge in [0.15, 0.2) is 0 Å². The molecule has 55 heavy (non-hydrogen) atoms. The lowest BCUT2D eigenvalue weighted by Gasteiger charge is -2.70. The van der Waals surface area contributed by atoms with Crippen LogP contribution in [0.5, 0.6) is 0 Å². The van der Waals surface area contributed by atoms with E-state index < -0.39 is 0 Å². The molecule has 0 bridgehead atoms. The molecule has 3 nitrogen and oxygen atoms in total. The van der Waals surface area contributed by atoms with Crippen molar-refractivity contribution >= 4 is 0 Å². The maximum absolute atomic E-state index is 4.00. The lowest BCUT2D eigenvalue weighted by Crippen LogP contribution is -2.65. The first-order valence-electron chi connectivity index (χ1n) is 21.8. The van der Waals surface area contributed by atoms with Gasteiger partial charge in [-0.05, 0) is 150 Å². The van der Waals surface area contributed by atoms with Crippen molar-refractivity contribution in [1.29, 1.82) is 0 Å². The second-order valence-corrected chi connectivity index (χ2v) is 18.1. The van der Waals surface area contributed by atoms with E-state index in [1.165, 1.54) is 102 Å². The molecule has 0 aliphatic heterocycles. The first kappa shape index (κ1) is 52.3. The average molecular weight is 754 g/mol. The molecule has 1 aromatic carbocycles. The Balaban J connectivity index is 0.00000202. The highest BCUT2D eigenvalue weighted by Gasteiger charge is 2.66. The fraction of sp³-hybridized carbons (Fsp3) is 0.731. The predicted octanol–water partition coefficient (Wildman–Crippen LogP) is 11.8. The quantitative estimate of drug-likeness (QED) is 0.267. The normalized spacial score (nSPS) is 33.1. The van der Waals surface area contributed by atoms with Crippen molar-refractivity contribution in [3.63, 3.8) is 0 Å². The molecule has 310 valence electrons. The molecule has 5 fully saturated rings. The van der Waals surface area contributed by atoms with Gasteiger partial charge < -0.3 is 10.2 Å². The highest BCUT2D eigenvalue weighted by Crippen LogP contribution is 2.73. The molecule has 1 aromatic rings. The second kappa shape index (κ2) is 24.9. The average Bonchev–Trinajstić information content (AvgIpc) is 3.65. The number of nitrogens with one attached hydrogen (secondary N) is 1. The summed E-state index contributed by atoms with van der Waals surface area (Å²) in [7, 11) is 6.65. The number of hydrogen-bond acceptors (Lipinski definition) is 3. The van der Waals surface area contributed by atoms with Gasteiger partial charge in [-0.15, -0.1) is 51.4 Å². The minimum Gasteiger partial charge on any atom is -0.318 e. The Morgan fingerprint density at radius 1 is 0.655 bits per heavy atom. The van der Waals surface area contributed by atoms with Crippen LogP contribution in [0.4, 0.5) is 0 Å². The second-order valence-electron chi connectivity index (χ2n) is 18.1. The van der Waals surface area contributed by atoms with Gasteiger partial charge in [0.25, 0.3) is 0 Å². The molecule has 6 rings (SSSR count). The molecular formula is C52H87N3. The van der Waals surface area contributed by atoms with Crippen LogP contribution < -0.4 is 5.32 Å². The minimum absolute atomic E-state index is 0.369. The Morgan fingerprint density at radius 2 is 1.22 bits per heavy atom. The number of nitrogens with zero attached hydrogens (tertiary/aromatic N) is 2. The van der Waals surface area contributed by atoms with Gasteiger partial charge in [-0.1, -0.05) is 98.1 Å². The molecule has 9 atom stereocenters. The molecule has 0 heterocycles. The Kier molecular flexibility index (Phi) is 23.7. The van der Waals surface area contributed by atoms with Gasteiger partial charge in [0, 0.05) is 31.7 Å². The van der Waals surface area contributed by atoms with Crippen LogP contribution in [0.3, 0.4) is 0 Å². The zero-order valence-corrected chi connectivity index (χ0v) is 38.1. The maximum Gasteiger partial charge on any atom is 0.0241 e. The lowest BCUT2D eigenvalue weighted by molar-refractivity contribution is -0.201. The maximum atomic E-state index is 4.00. The summed E-state index contributed by atoms with van der Waals surface area (Å²) in [5.74, 6) is 5.28. The summed E-state index contributed by atoms with van der Waals surface area (Å²) in [6.45, 7) is 26.2. The standard InChI is InChI=1S/C39H65N3.C3H8.C2H6.4C2H2/c1-28-11-13-29(14-12-28)31-17-21-38(5)34(36(31,2)3)19-22-37(4)32-18-23-39(42(25-24-40-6)27-26-41(7)8)20-9-10-33(39)30(32)15-16-35(37)38;1-3-2;5*1-2/h11-14,30-35,40H,9-10,15-27H2,1-8H3;3H2,1-2H3;1-2H3;4*1-2H/t30-,31+,32?,33?,34?,35?,37-,38-,39-;;;;;;/m0....../s1. The minimum atomic E-state index is 0.369. The first-order chi connectivity index (χ1) is 26.4. The van der Waals surface area contributed by atoms with Gasteiger partial charge in [-0.2, -0.15) is 0 Å². The highest BCUT2D eigenvalue weighted by atomic mass is 15.2. The summed E-state index contributed by atoms with van der Waals surface area (Å²) >= 11 is 0. The lowest BCUT2D eigenvalue weighted by atomic mass is 9.35. The number of fused-ring (bicyclic) bond motifs is 7. The molecule has 1 N–H and O–H groups in total. The number of rotatable bonds is 8. The van der Waals surface area contributed by atoms with E-state index in [9.17, 15) is 0 Å². The Labute approximate surface area is 344 Å². The zero-order valence-electron chi connectivity index (χ0n) is 38.1. The molecule has 0 saturated heterocycles. The molecule has 3 heteroatoms. The van der Waals surface area contributed by atoms with E-state index >= 15 is 0 Å². The van der Waals surface area contributed by atoms with Crippen molar-refractivity contribution in [3.05, 3.63) is 35.4 Å². The summed E-state index contributed by atoms with van der Waals surface area (Å²) in [4.78, 5) is 5.40. The van der Waals surface area contributed by atoms with Gasteiger partial charge in [-0.25, -0.2) is 0 Å². The third-order valence-electron chi connectivity index (χ3n) is 15.1. The third kappa shape index (κ3) is 11.1. The van der Waals surface area contributed by atoms with Gasteiger partial charge in [-0.3, -0.25) is 4.90 Å². The SMILES string of the molecule is C#C.C#C.C#C.C#C.CC.CCC.CNCCN(CCN(C)C)[C@]12CCCC1[C@H]1CCC3[C@@](C)(CCC4C(C)(C)[C@@H](c5ccc(C)cc5)CC[C@@]43C)C1CC2. The van der Waals surface area contributed by atoms with Crippen molar-refractivity contribution in [1.82, 2.24) is 15.1 Å². The summed E-state index contributed by atoms with van der Waals surface area (Å²) in [6.07, 6.45) is 49.3. The van der Waals surface area contributed by atoms with Crippen LogP contribution in [-0.4, -0.2) is 62.7 Å². The van der Waals surface area contributed by atoms with Crippen molar-refractivity contribution in [2.75, 3.05) is 47.3 Å². The van der Waals surface area contributed by atoms with Crippen molar-refractivity contribution in [3.8, 4) is 51.4 Å². The molecule has 0 aromatic heterocycles. The summed E-state index contributed by atoms with van der Waals surface area (Å²) in [5.41, 5.74) is 4.86. The summed E-state index contributed by atoms with van der Waals surface area (Å²) < 4.78 is 0. The van der Waals surface area contributed by atoms with Crippen molar-refractivity contribution < 1.29 is 0 Å². The predicted molar refractivity (Wildman–Crippen MR) is 246 cm³/mol. The monoisotopic (exact) mass is 754 g/mol. The molecule has 0 radical (unpaired) electrons. The zero-order chi connectivity index (χ0) is 42.6. The van der Waals surface area contributed by atoms with E-state index in [1.54, 1.807) is 5.56 Å². The van der Waals surface area contributed by atoms with E-state index in [0.29, 0.717) is 27.7 Å². The van der Waals surface area contributed by atoms with Crippen LogP contribution in [0.1, 0.15) is 149 Å². The largest absolute Gasteiger partial charge is 0.318 e. The number of terminal acetylenes is 4. The molecule has 5 aliphatic carbocycles. The van der Waals surface area contributed by atoms with Gasteiger partial charge >= 0.3 is 0 Å². The number of likely N-dealkylation sites (N-methyl/N-ethyl adjacent to an activating group) is 2. The summed E-state index contributed by atoms with van der Waals surface area (Å²) in [5, 5.41) is 3.50. The van der Waals surface area contributed by atoms with Gasteiger partial charge in [0.05, 0.1) is 0 Å². The topological polar surface area (TPSA) is 18.5 Å². The van der Waals surface area contributed by atoms with Crippen LogP contribution in [-0.2, 0) is 0 Å². The number of aryl methyl sites for hydroxylation is 1. The molecule has 5 aliphatic rings. The highest BCUT2D eigenvalue weighted by molar-refractivity contribution is 5.28. The third-order valence-corrected chi connectivity index (χ3v) is 15.1. The molecule has 5 saturated carbocycles. The van der Waals surface area contributed by atoms with Crippen molar-refractivity contribution in [2.24, 2.45) is 45.8 Å². The molecular weight excluding hydrogens is 667 g/mol. The van der Waals surface area contributed by atoms with Crippen LogP contribution in [0, 0.1) is 104 Å². The van der Waals surface area contributed by atoms with Crippen molar-refractivity contribution in [2.45, 2.75) is 151 Å². The first-order valence-corrected chi connectivity index (χ1v) is 21.8. The smallest absolute Gasteiger partial charge is 0.0241 e. The van der Waals surface area contributed by atoms with E-state index in [4.69, 9.17) is 0 Å². The van der Waals surface area contributed by atoms with E-state index in [0.717, 1.165) is 36.1 Å². The van der Waals surface area contributed by atoms with Gasteiger partial charge in [0.1, 0.15) is 0 Å². The summed E-state index contributed by atoms with van der Waals surface area (Å²) in [6, 6.07) is 9.61. The van der Waals surface area contributed by atoms with E-state index in [-0.39, 0.29) is 0 Å².